The van der Waals surface area contributed by atoms with Gasteiger partial charge in [-0.05, 0) is 13.3 Å². The second-order valence-corrected chi connectivity index (χ2v) is 3.26. The Labute approximate surface area is 69.4 Å². The molecule has 1 saturated heterocycles. The number of hydrogen-bond acceptors (Lipinski definition) is 3. The SMILES string of the molecule is C[C@@]1(C(=O)O)C[C@@H](C(=O)O)CN1. The predicted octanol–water partition coefficient (Wildman–Crippen LogP) is -0.476. The van der Waals surface area contributed by atoms with Gasteiger partial charge < -0.3 is 15.5 Å². The molecule has 0 aromatic heterocycles. The van der Waals surface area contributed by atoms with Crippen LogP contribution in [0, 0.1) is 5.92 Å². The van der Waals surface area contributed by atoms with Gasteiger partial charge in [-0.1, -0.05) is 0 Å². The molecule has 0 bridgehead atoms. The average Bonchev–Trinajstić information content (AvgIpc) is 2.33. The Morgan fingerprint density at radius 3 is 2.33 bits per heavy atom. The molecule has 0 aliphatic carbocycles. The van der Waals surface area contributed by atoms with Crippen LogP contribution in [-0.2, 0) is 9.59 Å². The van der Waals surface area contributed by atoms with Crippen molar-refractivity contribution in [3.63, 3.8) is 0 Å². The first-order chi connectivity index (χ1) is 5.46. The smallest absolute Gasteiger partial charge is 0.323 e. The van der Waals surface area contributed by atoms with Crippen LogP contribution in [0.2, 0.25) is 0 Å². The summed E-state index contributed by atoms with van der Waals surface area (Å²) in [6.07, 6.45) is 0.150. The molecule has 1 aliphatic heterocycles. The minimum Gasteiger partial charge on any atom is -0.481 e. The van der Waals surface area contributed by atoms with E-state index in [-0.39, 0.29) is 13.0 Å². The van der Waals surface area contributed by atoms with Crippen LogP contribution in [0.5, 0.6) is 0 Å². The third-order valence-corrected chi connectivity index (χ3v) is 2.21. The van der Waals surface area contributed by atoms with Crippen LogP contribution in [0.15, 0.2) is 0 Å². The average molecular weight is 173 g/mol. The summed E-state index contributed by atoms with van der Waals surface area (Å²) in [7, 11) is 0. The van der Waals surface area contributed by atoms with Gasteiger partial charge in [-0.2, -0.15) is 0 Å². The number of carboxylic acid groups (broad SMARTS) is 2. The monoisotopic (exact) mass is 173 g/mol. The van der Waals surface area contributed by atoms with Crippen molar-refractivity contribution in [1.29, 1.82) is 0 Å². The van der Waals surface area contributed by atoms with Crippen LogP contribution in [0.25, 0.3) is 0 Å². The fourth-order valence-electron chi connectivity index (χ4n) is 1.32. The van der Waals surface area contributed by atoms with E-state index < -0.39 is 23.4 Å². The van der Waals surface area contributed by atoms with Crippen molar-refractivity contribution in [2.75, 3.05) is 6.54 Å². The minimum atomic E-state index is -1.07. The number of carbonyl (C=O) groups is 2. The van der Waals surface area contributed by atoms with E-state index >= 15 is 0 Å². The summed E-state index contributed by atoms with van der Waals surface area (Å²) >= 11 is 0. The van der Waals surface area contributed by atoms with Crippen molar-refractivity contribution in [3.8, 4) is 0 Å². The normalized spacial score (nSPS) is 34.9. The third kappa shape index (κ3) is 1.40. The maximum Gasteiger partial charge on any atom is 0.323 e. The third-order valence-electron chi connectivity index (χ3n) is 2.21. The molecule has 0 saturated carbocycles. The molecule has 1 rings (SSSR count). The lowest BCUT2D eigenvalue weighted by Gasteiger charge is -2.17. The van der Waals surface area contributed by atoms with E-state index in [0.29, 0.717) is 0 Å². The van der Waals surface area contributed by atoms with Crippen molar-refractivity contribution < 1.29 is 19.8 Å². The number of hydrogen-bond donors (Lipinski definition) is 3. The predicted molar refractivity (Wildman–Crippen MR) is 39.8 cm³/mol. The van der Waals surface area contributed by atoms with Crippen LogP contribution < -0.4 is 5.32 Å². The topological polar surface area (TPSA) is 86.6 Å². The van der Waals surface area contributed by atoms with Gasteiger partial charge in [-0.25, -0.2) is 0 Å². The van der Waals surface area contributed by atoms with E-state index in [1.807, 2.05) is 0 Å². The van der Waals surface area contributed by atoms with Crippen molar-refractivity contribution >= 4 is 11.9 Å². The Morgan fingerprint density at radius 2 is 2.08 bits per heavy atom. The number of nitrogens with one attached hydrogen (secondary N) is 1. The number of aliphatic carboxylic acids is 2. The summed E-state index contributed by atoms with van der Waals surface area (Å²) in [5, 5.41) is 20.0. The van der Waals surface area contributed by atoms with Crippen LogP contribution in [0.3, 0.4) is 0 Å². The van der Waals surface area contributed by atoms with Crippen molar-refractivity contribution in [2.24, 2.45) is 5.92 Å². The van der Waals surface area contributed by atoms with Gasteiger partial charge in [0.2, 0.25) is 0 Å². The first-order valence-corrected chi connectivity index (χ1v) is 3.67. The molecule has 1 fully saturated rings. The standard InChI is InChI=1S/C7H11NO4/c1-7(6(11)12)2-4(3-8-7)5(9)10/h4,8H,2-3H2,1H3,(H,9,10)(H,11,12)/t4-,7+/m1/s1. The summed E-state index contributed by atoms with van der Waals surface area (Å²) < 4.78 is 0. The quantitative estimate of drug-likeness (QED) is 0.525. The molecule has 12 heavy (non-hydrogen) atoms. The highest BCUT2D eigenvalue weighted by Gasteiger charge is 2.43. The van der Waals surface area contributed by atoms with Gasteiger partial charge in [0.05, 0.1) is 5.92 Å². The van der Waals surface area contributed by atoms with E-state index in [0.717, 1.165) is 0 Å². The molecule has 2 atom stereocenters. The van der Waals surface area contributed by atoms with Crippen molar-refractivity contribution in [3.05, 3.63) is 0 Å². The maximum atomic E-state index is 10.6. The van der Waals surface area contributed by atoms with E-state index in [1.165, 1.54) is 6.92 Å². The molecule has 1 aliphatic rings. The molecule has 68 valence electrons. The molecular formula is C7H11NO4. The molecule has 0 spiro atoms. The lowest BCUT2D eigenvalue weighted by Crippen LogP contribution is -2.44. The Kier molecular flexibility index (Phi) is 2.06. The highest BCUT2D eigenvalue weighted by molar-refractivity contribution is 5.81. The molecule has 0 unspecified atom stereocenters. The van der Waals surface area contributed by atoms with Gasteiger partial charge in [0.25, 0.3) is 0 Å². The number of rotatable bonds is 2. The van der Waals surface area contributed by atoms with E-state index in [4.69, 9.17) is 10.2 Å². The fraction of sp³-hybridized carbons (Fsp3) is 0.714. The van der Waals surface area contributed by atoms with E-state index in [9.17, 15) is 9.59 Å². The van der Waals surface area contributed by atoms with Gasteiger partial charge in [0.1, 0.15) is 5.54 Å². The lowest BCUT2D eigenvalue weighted by molar-refractivity contribution is -0.144. The van der Waals surface area contributed by atoms with Gasteiger partial charge >= 0.3 is 11.9 Å². The molecule has 1 heterocycles. The summed E-state index contributed by atoms with van der Waals surface area (Å²) in [5.74, 6) is -2.51. The molecule has 0 amide bonds. The molecule has 3 N–H and O–H groups in total. The minimum absolute atomic E-state index is 0.150. The maximum absolute atomic E-state index is 10.6. The first kappa shape index (κ1) is 8.99. The second-order valence-electron chi connectivity index (χ2n) is 3.26. The zero-order chi connectivity index (χ0) is 9.35. The van der Waals surface area contributed by atoms with Gasteiger partial charge in [0, 0.05) is 6.54 Å². The van der Waals surface area contributed by atoms with Gasteiger partial charge in [-0.3, -0.25) is 9.59 Å². The Bertz CT molecular complexity index is 227. The Hall–Kier alpha value is -1.10. The van der Waals surface area contributed by atoms with E-state index in [1.54, 1.807) is 0 Å². The first-order valence-electron chi connectivity index (χ1n) is 3.67. The largest absolute Gasteiger partial charge is 0.481 e. The van der Waals surface area contributed by atoms with Crippen LogP contribution >= 0.6 is 0 Å². The zero-order valence-electron chi connectivity index (χ0n) is 6.70. The van der Waals surface area contributed by atoms with Crippen LogP contribution in [0.4, 0.5) is 0 Å². The summed E-state index contributed by atoms with van der Waals surface area (Å²) in [4.78, 5) is 21.1. The molecule has 5 heteroatoms. The second kappa shape index (κ2) is 2.75. The highest BCUT2D eigenvalue weighted by atomic mass is 16.4. The van der Waals surface area contributed by atoms with Crippen LogP contribution in [-0.4, -0.2) is 34.2 Å². The summed E-state index contributed by atoms with van der Waals surface area (Å²) in [6, 6.07) is 0. The highest BCUT2D eigenvalue weighted by Crippen LogP contribution is 2.23. The Balaban J connectivity index is 2.67. The Morgan fingerprint density at radius 1 is 1.50 bits per heavy atom. The lowest BCUT2D eigenvalue weighted by atomic mass is 9.95. The van der Waals surface area contributed by atoms with Gasteiger partial charge in [-0.15, -0.1) is 0 Å². The molecular weight excluding hydrogens is 162 g/mol. The summed E-state index contributed by atoms with van der Waals surface area (Å²) in [6.45, 7) is 1.73. The fourth-order valence-corrected chi connectivity index (χ4v) is 1.32. The van der Waals surface area contributed by atoms with Crippen molar-refractivity contribution in [1.82, 2.24) is 5.32 Å². The van der Waals surface area contributed by atoms with Crippen LogP contribution in [0.1, 0.15) is 13.3 Å². The van der Waals surface area contributed by atoms with Crippen molar-refractivity contribution in [2.45, 2.75) is 18.9 Å². The van der Waals surface area contributed by atoms with E-state index in [2.05, 4.69) is 5.32 Å². The molecule has 0 aromatic carbocycles. The number of carboxylic acids is 2. The zero-order valence-corrected chi connectivity index (χ0v) is 6.70. The molecule has 0 radical (unpaired) electrons. The molecule has 5 nitrogen and oxygen atoms in total. The summed E-state index contributed by atoms with van der Waals surface area (Å²) in [5.41, 5.74) is -1.07. The molecule has 0 aromatic rings. The van der Waals surface area contributed by atoms with Gasteiger partial charge in [0.15, 0.2) is 0 Å².